The molecule has 0 bridgehead atoms. The lowest BCUT2D eigenvalue weighted by molar-refractivity contribution is -0.143. The van der Waals surface area contributed by atoms with Crippen LogP contribution in [0.2, 0.25) is 10.0 Å². The second kappa shape index (κ2) is 19.9. The molecule has 2 fully saturated rings. The van der Waals surface area contributed by atoms with Crippen LogP contribution in [0.4, 0.5) is 34.6 Å². The van der Waals surface area contributed by atoms with Crippen molar-refractivity contribution in [2.24, 2.45) is 0 Å². The van der Waals surface area contributed by atoms with Crippen molar-refractivity contribution < 1.29 is 23.8 Å². The predicted octanol–water partition coefficient (Wildman–Crippen LogP) is 7.45. The van der Waals surface area contributed by atoms with Crippen molar-refractivity contribution in [2.75, 3.05) is 94.1 Å². The number of benzene rings is 2. The van der Waals surface area contributed by atoms with Crippen LogP contribution in [0.1, 0.15) is 12.5 Å². The number of nitrogens with one attached hydrogen (secondary N) is 2. The molecule has 0 saturated carbocycles. The van der Waals surface area contributed by atoms with Crippen LogP contribution in [0.3, 0.4) is 0 Å². The predicted molar refractivity (Wildman–Crippen MR) is 273 cm³/mol. The van der Waals surface area contributed by atoms with E-state index in [4.69, 9.17) is 47.4 Å². The van der Waals surface area contributed by atoms with Crippen LogP contribution < -0.4 is 34.6 Å². The first-order valence-corrected chi connectivity index (χ1v) is 23.7. The maximum absolute atomic E-state index is 14.1. The van der Waals surface area contributed by atoms with Gasteiger partial charge >= 0.3 is 0 Å². The fourth-order valence-electron chi connectivity index (χ4n) is 9.12. The van der Waals surface area contributed by atoms with E-state index < -0.39 is 6.04 Å². The number of anilines is 6. The van der Waals surface area contributed by atoms with Crippen LogP contribution in [0.25, 0.3) is 34.1 Å². The summed E-state index contributed by atoms with van der Waals surface area (Å²) >= 11 is 13.2. The number of hydrogen-bond donors (Lipinski definition) is 2. The molecule has 2 aromatic carbocycles. The normalized spacial score (nSPS) is 14.7. The molecule has 21 heteroatoms. The molecule has 0 spiro atoms. The number of aryl methyl sites for hydroxylation is 1. The van der Waals surface area contributed by atoms with Crippen molar-refractivity contribution in [3.63, 3.8) is 0 Å². The third-order valence-corrected chi connectivity index (χ3v) is 13.4. The molecule has 19 nitrogen and oxygen atoms in total. The highest BCUT2D eigenvalue weighted by Gasteiger charge is 2.37. The number of carbonyl (C=O) groups is 2. The Balaban J connectivity index is 0.749. The van der Waals surface area contributed by atoms with E-state index in [2.05, 4.69) is 40.4 Å². The minimum Gasteiger partial charge on any atom is -0.497 e. The molecule has 10 rings (SSSR count). The molecule has 1 amide bonds. The number of ether oxygens (including phenoxy) is 3. The minimum atomic E-state index is -0.865. The smallest absolute Gasteiger partial charge is 0.247 e. The van der Waals surface area contributed by atoms with E-state index in [1.807, 2.05) is 98.6 Å². The zero-order valence-electron chi connectivity index (χ0n) is 39.6. The molecule has 0 aliphatic carbocycles. The van der Waals surface area contributed by atoms with Gasteiger partial charge in [-0.2, -0.15) is 0 Å². The van der Waals surface area contributed by atoms with Gasteiger partial charge in [0, 0.05) is 94.3 Å². The lowest BCUT2D eigenvalue weighted by Crippen LogP contribution is -2.60. The number of carbonyl (C=O) groups excluding carboxylic acids is 2. The molecule has 2 aliphatic rings. The third kappa shape index (κ3) is 9.50. The number of methoxy groups -OCH3 is 3. The van der Waals surface area contributed by atoms with Crippen molar-refractivity contribution in [3.8, 4) is 40.0 Å². The first kappa shape index (κ1) is 47.0. The molecule has 1 atom stereocenters. The quantitative estimate of drug-likeness (QED) is 0.102. The fourth-order valence-corrected chi connectivity index (χ4v) is 9.50. The highest BCUT2D eigenvalue weighted by Crippen LogP contribution is 2.36. The molecule has 8 heterocycles. The Morgan fingerprint density at radius 1 is 0.606 bits per heavy atom. The number of pyridine rings is 2. The number of fused-ring (bicyclic) bond motifs is 2. The second-order valence-corrected chi connectivity index (χ2v) is 18.0. The SMILES string of the molecule is COc1ccn2c(-c3nc(Nc4ccc(N5CCN(C(C(C)=O)C(=O)N6CCN(c7ccc(Nc8ncc(Cl)c(-c9cnc%10cc(C)ccn9%10)n8)c(OC)c7)CC6)CC5)cc4OC)ncc3Cl)cnc2c1. The lowest BCUT2D eigenvalue weighted by atomic mass is 10.1. The van der Waals surface area contributed by atoms with Gasteiger partial charge in [-0.05, 0) is 61.9 Å². The summed E-state index contributed by atoms with van der Waals surface area (Å²) in [6.07, 6.45) is 10.4. The number of amides is 1. The average Bonchev–Trinajstić information content (AvgIpc) is 4.01. The van der Waals surface area contributed by atoms with E-state index in [1.165, 1.54) is 6.92 Å². The average molecular weight is 998 g/mol. The summed E-state index contributed by atoms with van der Waals surface area (Å²) in [6.45, 7) is 7.88. The molecule has 2 saturated heterocycles. The molecule has 2 N–H and O–H groups in total. The molecule has 2 aliphatic heterocycles. The maximum Gasteiger partial charge on any atom is 0.247 e. The summed E-state index contributed by atoms with van der Waals surface area (Å²) in [6, 6.07) is 18.5. The Bertz CT molecular complexity index is 3300. The first-order valence-electron chi connectivity index (χ1n) is 22.9. The van der Waals surface area contributed by atoms with E-state index in [0.717, 1.165) is 28.3 Å². The van der Waals surface area contributed by atoms with E-state index in [9.17, 15) is 9.59 Å². The number of rotatable bonds is 14. The van der Waals surface area contributed by atoms with Gasteiger partial charge in [-0.25, -0.2) is 29.9 Å². The Labute approximate surface area is 419 Å². The number of Topliss-reactive ketones (excluding diaryl/α,β-unsaturated/α-hetero) is 1. The molecule has 8 aromatic rings. The van der Waals surface area contributed by atoms with E-state index in [0.29, 0.717) is 126 Å². The molecule has 0 radical (unpaired) electrons. The van der Waals surface area contributed by atoms with E-state index in [1.54, 1.807) is 46.1 Å². The Morgan fingerprint density at radius 3 is 1.62 bits per heavy atom. The topological polar surface area (TPSA) is 185 Å². The Morgan fingerprint density at radius 2 is 1.11 bits per heavy atom. The van der Waals surface area contributed by atoms with Crippen LogP contribution in [-0.2, 0) is 9.59 Å². The zero-order valence-corrected chi connectivity index (χ0v) is 41.1. The maximum atomic E-state index is 14.1. The summed E-state index contributed by atoms with van der Waals surface area (Å²) in [5, 5.41) is 7.34. The summed E-state index contributed by atoms with van der Waals surface area (Å²) in [5.41, 5.74) is 8.29. The lowest BCUT2D eigenvalue weighted by Gasteiger charge is -2.42. The first-order chi connectivity index (χ1) is 34.5. The van der Waals surface area contributed by atoms with E-state index in [-0.39, 0.29) is 11.7 Å². The molecule has 364 valence electrons. The van der Waals surface area contributed by atoms with Gasteiger partial charge in [-0.3, -0.25) is 23.3 Å². The highest BCUT2D eigenvalue weighted by molar-refractivity contribution is 6.33. The van der Waals surface area contributed by atoms with Gasteiger partial charge < -0.3 is 39.5 Å². The number of aromatic nitrogens is 8. The van der Waals surface area contributed by atoms with Gasteiger partial charge in [-0.1, -0.05) is 23.2 Å². The molecule has 6 aromatic heterocycles. The van der Waals surface area contributed by atoms with Gasteiger partial charge in [-0.15, -0.1) is 0 Å². The summed E-state index contributed by atoms with van der Waals surface area (Å²) in [4.78, 5) is 63.0. The van der Waals surface area contributed by atoms with E-state index >= 15 is 0 Å². The standard InChI is InChI=1S/C50H50Cl2N14O5/c1-30-10-12-65-39(28-53-43(65)22-30)45-35(51)26-55-49(59-45)57-38-9-7-33(24-42(38)71-5)62-16-20-64(21-17-62)48(68)47(31(2)67)63-18-14-61(15-19-63)32-6-8-37(41(23-32)70-4)58-50-56-27-36(52)46(60-50)40-29-54-44-25-34(69-3)11-13-66(40)44/h6-13,22-29,47H,14-21H2,1-5H3,(H,55,57,59)(H,56,58,60). The Hall–Kier alpha value is -7.74. The summed E-state index contributed by atoms with van der Waals surface area (Å²) in [5.74, 6) is 2.21. The second-order valence-electron chi connectivity index (χ2n) is 17.2. The highest BCUT2D eigenvalue weighted by atomic mass is 35.5. The number of ketones is 1. The van der Waals surface area contributed by atoms with Crippen molar-refractivity contribution in [3.05, 3.63) is 113 Å². The minimum absolute atomic E-state index is 0.171. The number of imidazole rings is 2. The van der Waals surface area contributed by atoms with Gasteiger partial charge in [0.25, 0.3) is 0 Å². The zero-order chi connectivity index (χ0) is 49.3. The number of hydrogen-bond acceptors (Lipinski definition) is 16. The van der Waals surface area contributed by atoms with Gasteiger partial charge in [0.2, 0.25) is 17.8 Å². The molecular formula is C50H50Cl2N14O5. The molecule has 71 heavy (non-hydrogen) atoms. The summed E-state index contributed by atoms with van der Waals surface area (Å²) in [7, 11) is 4.83. The van der Waals surface area contributed by atoms with Crippen molar-refractivity contribution >= 4 is 80.8 Å². The van der Waals surface area contributed by atoms with Gasteiger partial charge in [0.15, 0.2) is 5.78 Å². The van der Waals surface area contributed by atoms with Crippen LogP contribution in [0.15, 0.2) is 97.8 Å². The van der Waals surface area contributed by atoms with Crippen LogP contribution in [0.5, 0.6) is 17.2 Å². The van der Waals surface area contributed by atoms with Crippen molar-refractivity contribution in [1.82, 2.24) is 48.5 Å². The van der Waals surface area contributed by atoms with Gasteiger partial charge in [0.1, 0.15) is 46.0 Å². The number of piperazine rings is 2. The van der Waals surface area contributed by atoms with Crippen LogP contribution in [-0.4, -0.2) is 140 Å². The van der Waals surface area contributed by atoms with Crippen molar-refractivity contribution in [1.29, 1.82) is 0 Å². The monoisotopic (exact) mass is 996 g/mol. The van der Waals surface area contributed by atoms with Gasteiger partial charge in [0.05, 0.1) is 78.9 Å². The Kier molecular flexibility index (Phi) is 13.2. The van der Waals surface area contributed by atoms with Crippen LogP contribution >= 0.6 is 23.2 Å². The number of halogens is 2. The molecule has 1 unspecified atom stereocenters. The van der Waals surface area contributed by atoms with Crippen molar-refractivity contribution in [2.45, 2.75) is 19.9 Å². The number of nitrogens with zero attached hydrogens (tertiary/aromatic N) is 12. The molecular weight excluding hydrogens is 948 g/mol. The fraction of sp³-hybridized carbons (Fsp3) is 0.280. The largest absolute Gasteiger partial charge is 0.497 e. The summed E-state index contributed by atoms with van der Waals surface area (Å²) < 4.78 is 20.8. The third-order valence-electron chi connectivity index (χ3n) is 12.8. The van der Waals surface area contributed by atoms with Crippen LogP contribution in [0, 0.1) is 6.92 Å².